The van der Waals surface area contributed by atoms with Crippen molar-refractivity contribution in [1.82, 2.24) is 14.9 Å². The number of benzene rings is 1. The Morgan fingerprint density at radius 3 is 2.76 bits per heavy atom. The second-order valence-corrected chi connectivity index (χ2v) is 6.59. The lowest BCUT2D eigenvalue weighted by molar-refractivity contribution is 0.528. The molecule has 21 heavy (non-hydrogen) atoms. The Balaban J connectivity index is 2.18. The van der Waals surface area contributed by atoms with Crippen molar-refractivity contribution in [2.24, 2.45) is 0 Å². The first-order chi connectivity index (χ1) is 10.3. The number of nitrogens with zero attached hydrogens (tertiary/aromatic N) is 2. The number of hydrogen-bond donors (Lipinski definition) is 1. The molecule has 0 spiro atoms. The van der Waals surface area contributed by atoms with Gasteiger partial charge in [0, 0.05) is 24.8 Å². The maximum absolute atomic E-state index is 4.85. The minimum Gasteiger partial charge on any atom is -0.328 e. The van der Waals surface area contributed by atoms with Gasteiger partial charge < -0.3 is 9.88 Å². The summed E-state index contributed by atoms with van der Waals surface area (Å²) in [5.41, 5.74) is 2.37. The minimum absolute atomic E-state index is 0.511. The minimum atomic E-state index is 0.511. The molecule has 1 N–H and O–H groups in total. The Morgan fingerprint density at radius 2 is 2.05 bits per heavy atom. The Kier molecular flexibility index (Phi) is 6.58. The van der Waals surface area contributed by atoms with Crippen molar-refractivity contribution in [3.63, 3.8) is 0 Å². The van der Waals surface area contributed by atoms with Gasteiger partial charge in [-0.05, 0) is 37.8 Å². The number of nitrogens with one attached hydrogen (secondary N) is 1. The van der Waals surface area contributed by atoms with Crippen LogP contribution in [0.15, 0.2) is 24.3 Å². The van der Waals surface area contributed by atoms with Crippen LogP contribution in [0.5, 0.6) is 0 Å². The number of imidazole rings is 1. The van der Waals surface area contributed by atoms with E-state index in [-0.39, 0.29) is 0 Å². The second-order valence-electron chi connectivity index (χ2n) is 5.28. The maximum Gasteiger partial charge on any atom is 0.111 e. The van der Waals surface area contributed by atoms with Crippen molar-refractivity contribution >= 4 is 22.8 Å². The smallest absolute Gasteiger partial charge is 0.111 e. The van der Waals surface area contributed by atoms with E-state index in [2.05, 4.69) is 54.9 Å². The molecule has 0 aliphatic heterocycles. The molecule has 0 aliphatic rings. The summed E-state index contributed by atoms with van der Waals surface area (Å²) in [6, 6.07) is 8.96. The van der Waals surface area contributed by atoms with Crippen molar-refractivity contribution in [3.05, 3.63) is 30.1 Å². The predicted molar refractivity (Wildman–Crippen MR) is 94.2 cm³/mol. The summed E-state index contributed by atoms with van der Waals surface area (Å²) in [6.45, 7) is 8.71. The molecule has 0 bridgehead atoms. The lowest BCUT2D eigenvalue weighted by atomic mass is 10.2. The number of aromatic nitrogens is 2. The molecule has 1 aromatic carbocycles. The Bertz CT molecular complexity index is 542. The molecule has 2 rings (SSSR count). The lowest BCUT2D eigenvalue weighted by Crippen LogP contribution is -2.35. The zero-order valence-electron chi connectivity index (χ0n) is 13.4. The van der Waals surface area contributed by atoms with E-state index in [9.17, 15) is 0 Å². The zero-order chi connectivity index (χ0) is 15.1. The van der Waals surface area contributed by atoms with Crippen molar-refractivity contribution in [2.75, 3.05) is 18.1 Å². The first-order valence-electron chi connectivity index (χ1n) is 8.05. The molecular formula is C17H27N3S. The van der Waals surface area contributed by atoms with Crippen LogP contribution < -0.4 is 5.32 Å². The highest BCUT2D eigenvalue weighted by Crippen LogP contribution is 2.18. The van der Waals surface area contributed by atoms with Gasteiger partial charge in [0.15, 0.2) is 0 Å². The van der Waals surface area contributed by atoms with Crippen molar-refractivity contribution in [2.45, 2.75) is 46.2 Å². The molecule has 2 aromatic rings. The van der Waals surface area contributed by atoms with Crippen LogP contribution in [0.25, 0.3) is 11.0 Å². The summed E-state index contributed by atoms with van der Waals surface area (Å²) in [4.78, 5) is 4.85. The molecule has 0 saturated carbocycles. The van der Waals surface area contributed by atoms with Gasteiger partial charge in [0.2, 0.25) is 0 Å². The third-order valence-corrected chi connectivity index (χ3v) is 4.73. The van der Waals surface area contributed by atoms with Crippen LogP contribution in [0.4, 0.5) is 0 Å². The van der Waals surface area contributed by atoms with Gasteiger partial charge in [-0.2, -0.15) is 11.8 Å². The van der Waals surface area contributed by atoms with Gasteiger partial charge in [0.1, 0.15) is 5.82 Å². The fourth-order valence-corrected chi connectivity index (χ4v) is 3.41. The number of hydrogen-bond acceptors (Lipinski definition) is 3. The van der Waals surface area contributed by atoms with E-state index in [4.69, 9.17) is 4.98 Å². The van der Waals surface area contributed by atoms with E-state index in [0.717, 1.165) is 30.8 Å². The highest BCUT2D eigenvalue weighted by Gasteiger charge is 2.15. The summed E-state index contributed by atoms with van der Waals surface area (Å²) in [6.07, 6.45) is 2.19. The third-order valence-electron chi connectivity index (χ3n) is 3.68. The molecule has 1 atom stereocenters. The highest BCUT2D eigenvalue weighted by molar-refractivity contribution is 7.99. The zero-order valence-corrected chi connectivity index (χ0v) is 14.2. The highest BCUT2D eigenvalue weighted by atomic mass is 32.2. The number of rotatable bonds is 9. The molecule has 116 valence electrons. The summed E-state index contributed by atoms with van der Waals surface area (Å²) in [7, 11) is 0. The SMILES string of the molecule is CCCNC(CSCC)Cc1nc2ccccc2n1CC. The lowest BCUT2D eigenvalue weighted by Gasteiger charge is -2.18. The summed E-state index contributed by atoms with van der Waals surface area (Å²) in [5.74, 6) is 3.54. The van der Waals surface area contributed by atoms with Crippen LogP contribution in [-0.2, 0) is 13.0 Å². The maximum atomic E-state index is 4.85. The van der Waals surface area contributed by atoms with Crippen LogP contribution in [-0.4, -0.2) is 33.6 Å². The Morgan fingerprint density at radius 1 is 1.24 bits per heavy atom. The Labute approximate surface area is 132 Å². The van der Waals surface area contributed by atoms with E-state index in [1.807, 2.05) is 11.8 Å². The molecule has 0 fully saturated rings. The summed E-state index contributed by atoms with van der Waals surface area (Å²) >= 11 is 2.01. The quantitative estimate of drug-likeness (QED) is 0.766. The van der Waals surface area contributed by atoms with Gasteiger partial charge in [-0.1, -0.05) is 26.0 Å². The van der Waals surface area contributed by atoms with E-state index >= 15 is 0 Å². The fourth-order valence-electron chi connectivity index (χ4n) is 2.65. The number of thioether (sulfide) groups is 1. The van der Waals surface area contributed by atoms with Gasteiger partial charge in [0.25, 0.3) is 0 Å². The number of fused-ring (bicyclic) bond motifs is 1. The Hall–Kier alpha value is -1.00. The van der Waals surface area contributed by atoms with E-state index in [1.165, 1.54) is 23.5 Å². The van der Waals surface area contributed by atoms with E-state index in [0.29, 0.717) is 6.04 Å². The van der Waals surface area contributed by atoms with E-state index in [1.54, 1.807) is 0 Å². The van der Waals surface area contributed by atoms with Crippen LogP contribution in [0, 0.1) is 0 Å². The second kappa shape index (κ2) is 8.44. The van der Waals surface area contributed by atoms with Gasteiger partial charge >= 0.3 is 0 Å². The largest absolute Gasteiger partial charge is 0.328 e. The molecular weight excluding hydrogens is 278 g/mol. The van der Waals surface area contributed by atoms with Gasteiger partial charge in [-0.15, -0.1) is 0 Å². The summed E-state index contributed by atoms with van der Waals surface area (Å²) in [5, 5.41) is 3.67. The molecule has 0 amide bonds. The fraction of sp³-hybridized carbons (Fsp3) is 0.588. The molecule has 1 unspecified atom stereocenters. The van der Waals surface area contributed by atoms with Gasteiger partial charge in [0.05, 0.1) is 11.0 Å². The molecule has 1 heterocycles. The number of para-hydroxylation sites is 2. The number of aryl methyl sites for hydroxylation is 1. The van der Waals surface area contributed by atoms with Crippen molar-refractivity contribution < 1.29 is 0 Å². The molecule has 0 radical (unpaired) electrons. The van der Waals surface area contributed by atoms with E-state index < -0.39 is 0 Å². The average molecular weight is 305 g/mol. The first kappa shape index (κ1) is 16.4. The monoisotopic (exact) mass is 305 g/mol. The van der Waals surface area contributed by atoms with Crippen LogP contribution in [0.1, 0.15) is 33.0 Å². The van der Waals surface area contributed by atoms with Gasteiger partial charge in [-0.25, -0.2) is 4.98 Å². The van der Waals surface area contributed by atoms with Crippen LogP contribution >= 0.6 is 11.8 Å². The van der Waals surface area contributed by atoms with Gasteiger partial charge in [-0.3, -0.25) is 0 Å². The van der Waals surface area contributed by atoms with Crippen LogP contribution in [0.2, 0.25) is 0 Å². The standard InChI is InChI=1S/C17H27N3S/c1-4-11-18-14(13-21-6-3)12-17-19-15-9-7-8-10-16(15)20(17)5-2/h7-10,14,18H,4-6,11-13H2,1-3H3. The molecule has 0 saturated heterocycles. The average Bonchev–Trinajstić information content (AvgIpc) is 2.86. The third kappa shape index (κ3) is 4.24. The topological polar surface area (TPSA) is 29.9 Å². The predicted octanol–water partition coefficient (Wildman–Crippen LogP) is 3.72. The molecule has 1 aromatic heterocycles. The van der Waals surface area contributed by atoms with Crippen LogP contribution in [0.3, 0.4) is 0 Å². The molecule has 4 heteroatoms. The normalized spacial score (nSPS) is 12.9. The van der Waals surface area contributed by atoms with Crippen molar-refractivity contribution in [1.29, 1.82) is 0 Å². The molecule has 0 aliphatic carbocycles. The van der Waals surface area contributed by atoms with Crippen molar-refractivity contribution in [3.8, 4) is 0 Å². The summed E-state index contributed by atoms with van der Waals surface area (Å²) < 4.78 is 2.35. The first-order valence-corrected chi connectivity index (χ1v) is 9.20. The molecule has 3 nitrogen and oxygen atoms in total.